The van der Waals surface area contributed by atoms with Crippen LogP contribution in [-0.4, -0.2) is 42.4 Å². The maximum Gasteiger partial charge on any atom is 0.315 e. The van der Waals surface area contributed by atoms with Crippen molar-refractivity contribution in [2.45, 2.75) is 63.5 Å². The van der Waals surface area contributed by atoms with Gasteiger partial charge in [-0.05, 0) is 32.1 Å². The molecule has 0 aliphatic heterocycles. The van der Waals surface area contributed by atoms with Crippen molar-refractivity contribution in [3.05, 3.63) is 0 Å². The number of carbonyl (C=O) groups excluding carboxylic acids is 1. The minimum atomic E-state index is -0.763. The van der Waals surface area contributed by atoms with Crippen molar-refractivity contribution < 1.29 is 19.4 Å². The third kappa shape index (κ3) is 5.53. The van der Waals surface area contributed by atoms with Crippen LogP contribution in [0.5, 0.6) is 0 Å². The van der Waals surface area contributed by atoms with E-state index in [1.165, 1.54) is 19.3 Å². The number of hydrogen-bond acceptors (Lipinski definition) is 3. The highest BCUT2D eigenvalue weighted by molar-refractivity contribution is 5.75. The summed E-state index contributed by atoms with van der Waals surface area (Å²) in [6.07, 6.45) is 8.31. The summed E-state index contributed by atoms with van der Waals surface area (Å²) in [6, 6.07) is -0.247. The lowest BCUT2D eigenvalue weighted by atomic mass is 9.98. The molecule has 2 fully saturated rings. The maximum absolute atomic E-state index is 11.7. The smallest absolute Gasteiger partial charge is 0.315 e. The lowest BCUT2D eigenvalue weighted by molar-refractivity contribution is -0.141. The van der Waals surface area contributed by atoms with Gasteiger partial charge in [0.25, 0.3) is 0 Å². The van der Waals surface area contributed by atoms with Crippen LogP contribution in [0.15, 0.2) is 0 Å². The van der Waals surface area contributed by atoms with Crippen molar-refractivity contribution in [3.8, 4) is 0 Å². The van der Waals surface area contributed by atoms with Crippen LogP contribution < -0.4 is 10.6 Å². The Hall–Kier alpha value is -1.30. The van der Waals surface area contributed by atoms with Crippen molar-refractivity contribution in [1.82, 2.24) is 10.6 Å². The molecule has 2 aliphatic rings. The fourth-order valence-electron chi connectivity index (χ4n) is 3.20. The number of ether oxygens (including phenoxy) is 1. The minimum Gasteiger partial charge on any atom is -0.481 e. The van der Waals surface area contributed by atoms with Gasteiger partial charge in [-0.3, -0.25) is 4.79 Å². The monoisotopic (exact) mass is 298 g/mol. The van der Waals surface area contributed by atoms with Gasteiger partial charge in [0.05, 0.1) is 18.6 Å². The van der Waals surface area contributed by atoms with Crippen molar-refractivity contribution in [2.75, 3.05) is 13.2 Å². The van der Waals surface area contributed by atoms with Gasteiger partial charge in [-0.25, -0.2) is 4.79 Å². The first-order valence-electron chi connectivity index (χ1n) is 8.04. The van der Waals surface area contributed by atoms with Gasteiger partial charge in [-0.2, -0.15) is 0 Å². The van der Waals surface area contributed by atoms with Crippen LogP contribution in [-0.2, 0) is 9.53 Å². The molecule has 0 unspecified atom stereocenters. The predicted molar refractivity (Wildman–Crippen MR) is 78.1 cm³/mol. The van der Waals surface area contributed by atoms with Crippen LogP contribution in [0.4, 0.5) is 4.79 Å². The fraction of sp³-hybridized carbons (Fsp3) is 0.867. The molecule has 21 heavy (non-hydrogen) atoms. The lowest BCUT2D eigenvalue weighted by Crippen LogP contribution is -2.42. The lowest BCUT2D eigenvalue weighted by Gasteiger charge is -2.22. The van der Waals surface area contributed by atoms with E-state index in [2.05, 4.69) is 10.6 Å². The first kappa shape index (κ1) is 16.1. The van der Waals surface area contributed by atoms with Crippen molar-refractivity contribution in [1.29, 1.82) is 0 Å². The summed E-state index contributed by atoms with van der Waals surface area (Å²) in [5.41, 5.74) is 0. The van der Waals surface area contributed by atoms with Gasteiger partial charge in [-0.1, -0.05) is 19.3 Å². The number of carbonyl (C=O) groups is 2. The molecule has 0 radical (unpaired) electrons. The molecule has 0 bridgehead atoms. The molecule has 0 saturated heterocycles. The molecular weight excluding hydrogens is 272 g/mol. The highest BCUT2D eigenvalue weighted by Gasteiger charge is 2.30. The van der Waals surface area contributed by atoms with Crippen LogP contribution in [0.25, 0.3) is 0 Å². The summed E-state index contributed by atoms with van der Waals surface area (Å²) in [5.74, 6) is -1.08. The van der Waals surface area contributed by atoms with Crippen molar-refractivity contribution >= 4 is 12.0 Å². The maximum atomic E-state index is 11.7. The van der Waals surface area contributed by atoms with Crippen molar-refractivity contribution in [2.24, 2.45) is 5.92 Å². The summed E-state index contributed by atoms with van der Waals surface area (Å²) in [4.78, 5) is 22.6. The Morgan fingerprint density at radius 2 is 1.86 bits per heavy atom. The van der Waals surface area contributed by atoms with E-state index in [0.717, 1.165) is 19.3 Å². The summed E-state index contributed by atoms with van der Waals surface area (Å²) >= 11 is 0. The van der Waals surface area contributed by atoms with E-state index in [4.69, 9.17) is 9.84 Å². The third-order valence-corrected chi connectivity index (χ3v) is 4.41. The second kappa shape index (κ2) is 8.22. The van der Waals surface area contributed by atoms with Crippen LogP contribution in [0.3, 0.4) is 0 Å². The average Bonchev–Trinajstić information content (AvgIpc) is 2.93. The molecular formula is C15H26N2O4. The Morgan fingerprint density at radius 1 is 1.10 bits per heavy atom. The van der Waals surface area contributed by atoms with E-state index in [0.29, 0.717) is 32.1 Å². The normalized spacial score (nSPS) is 26.5. The summed E-state index contributed by atoms with van der Waals surface area (Å²) in [7, 11) is 0. The molecule has 0 aromatic rings. The molecule has 0 aromatic heterocycles. The van der Waals surface area contributed by atoms with Crippen LogP contribution in [0, 0.1) is 5.92 Å². The highest BCUT2D eigenvalue weighted by atomic mass is 16.5. The Bertz CT molecular complexity index is 356. The molecule has 0 spiro atoms. The van der Waals surface area contributed by atoms with Gasteiger partial charge in [0.15, 0.2) is 0 Å². The number of carboxylic acids is 1. The Kier molecular flexibility index (Phi) is 6.29. The summed E-state index contributed by atoms with van der Waals surface area (Å²) < 4.78 is 5.73. The Morgan fingerprint density at radius 3 is 2.52 bits per heavy atom. The Balaban J connectivity index is 1.52. The van der Waals surface area contributed by atoms with Gasteiger partial charge in [-0.15, -0.1) is 0 Å². The van der Waals surface area contributed by atoms with E-state index >= 15 is 0 Å². The number of urea groups is 1. The van der Waals surface area contributed by atoms with Crippen molar-refractivity contribution in [3.63, 3.8) is 0 Å². The van der Waals surface area contributed by atoms with Gasteiger partial charge in [0, 0.05) is 12.6 Å². The number of nitrogens with one attached hydrogen (secondary N) is 2. The van der Waals surface area contributed by atoms with E-state index in [9.17, 15) is 9.59 Å². The molecule has 120 valence electrons. The second-order valence-electron chi connectivity index (χ2n) is 6.08. The van der Waals surface area contributed by atoms with E-state index < -0.39 is 5.97 Å². The van der Waals surface area contributed by atoms with Gasteiger partial charge < -0.3 is 20.5 Å². The summed E-state index contributed by atoms with van der Waals surface area (Å²) in [5, 5.41) is 14.5. The van der Waals surface area contributed by atoms with Gasteiger partial charge >= 0.3 is 12.0 Å². The number of hydrogen-bond donors (Lipinski definition) is 3. The summed E-state index contributed by atoms with van der Waals surface area (Å²) in [6.45, 7) is 1.04. The third-order valence-electron chi connectivity index (χ3n) is 4.41. The zero-order chi connectivity index (χ0) is 15.1. The molecule has 0 aromatic carbocycles. The standard InChI is InChI=1S/C15H26N2O4/c18-14(19)11-6-7-12(10-11)17-15(20)16-8-9-21-13-4-2-1-3-5-13/h11-13H,1-10H2,(H,18,19)(H2,16,17,20)/t11-,12+/m1/s1. The zero-order valence-electron chi connectivity index (χ0n) is 12.5. The topological polar surface area (TPSA) is 87.7 Å². The van der Waals surface area contributed by atoms with E-state index in [1.807, 2.05) is 0 Å². The SMILES string of the molecule is O=C(NCCOC1CCCCC1)N[C@H]1CC[C@@H](C(=O)O)C1. The largest absolute Gasteiger partial charge is 0.481 e. The number of aliphatic carboxylic acids is 1. The molecule has 6 heteroatoms. The molecule has 6 nitrogen and oxygen atoms in total. The minimum absolute atomic E-state index is 0.0228. The van der Waals surface area contributed by atoms with E-state index in [-0.39, 0.29) is 18.0 Å². The first-order chi connectivity index (χ1) is 10.1. The number of rotatable bonds is 6. The molecule has 3 N–H and O–H groups in total. The molecule has 0 heterocycles. The highest BCUT2D eigenvalue weighted by Crippen LogP contribution is 2.25. The molecule has 2 saturated carbocycles. The zero-order valence-corrected chi connectivity index (χ0v) is 12.5. The Labute approximate surface area is 125 Å². The average molecular weight is 298 g/mol. The molecule has 2 amide bonds. The first-order valence-corrected chi connectivity index (χ1v) is 8.04. The molecule has 2 rings (SSSR count). The van der Waals surface area contributed by atoms with Crippen LogP contribution in [0.2, 0.25) is 0 Å². The molecule has 2 atom stereocenters. The van der Waals surface area contributed by atoms with Gasteiger partial charge in [0.1, 0.15) is 0 Å². The van der Waals surface area contributed by atoms with E-state index in [1.54, 1.807) is 0 Å². The number of amides is 2. The second-order valence-corrected chi connectivity index (χ2v) is 6.08. The van der Waals surface area contributed by atoms with Crippen LogP contribution in [0.1, 0.15) is 51.4 Å². The van der Waals surface area contributed by atoms with Crippen LogP contribution >= 0.6 is 0 Å². The molecule has 2 aliphatic carbocycles. The van der Waals surface area contributed by atoms with Gasteiger partial charge in [0.2, 0.25) is 0 Å². The quantitative estimate of drug-likeness (QED) is 0.653. The number of carboxylic acid groups (broad SMARTS) is 1. The predicted octanol–water partition coefficient (Wildman–Crippen LogP) is 1.89. The fourth-order valence-corrected chi connectivity index (χ4v) is 3.20.